The van der Waals surface area contributed by atoms with Gasteiger partial charge in [-0.1, -0.05) is 54.6 Å². The maximum Gasteiger partial charge on any atom is 0.241 e. The van der Waals surface area contributed by atoms with E-state index in [1.165, 1.54) is 0 Å². The molecule has 5 nitrogen and oxygen atoms in total. The lowest BCUT2D eigenvalue weighted by atomic mass is 9.95. The molecule has 1 saturated heterocycles. The summed E-state index contributed by atoms with van der Waals surface area (Å²) in [5.74, 6) is -0.395. The normalized spacial score (nSPS) is 16.2. The van der Waals surface area contributed by atoms with Crippen molar-refractivity contribution in [3.05, 3.63) is 60.2 Å². The number of rotatable bonds is 5. The van der Waals surface area contributed by atoms with E-state index in [4.69, 9.17) is 0 Å². The molecule has 0 bridgehead atoms. The van der Waals surface area contributed by atoms with Gasteiger partial charge in [0.15, 0.2) is 14.6 Å². The van der Waals surface area contributed by atoms with Gasteiger partial charge in [-0.2, -0.15) is 0 Å². The zero-order valence-electron chi connectivity index (χ0n) is 15.3. The van der Waals surface area contributed by atoms with Crippen molar-refractivity contribution in [1.82, 2.24) is 10.6 Å². The summed E-state index contributed by atoms with van der Waals surface area (Å²) in [4.78, 5) is 12.7. The maximum atomic E-state index is 12.7. The Bertz CT molecular complexity index is 862. The molecule has 2 aromatic carbocycles. The summed E-state index contributed by atoms with van der Waals surface area (Å²) in [6, 6.07) is 18.0. The van der Waals surface area contributed by atoms with Crippen LogP contribution in [0.1, 0.15) is 18.4 Å². The molecule has 146 valence electrons. The quantitative estimate of drug-likeness (QED) is 0.797. The number of nitrogens with one attached hydrogen (secondary N) is 2. The minimum absolute atomic E-state index is 0. The lowest BCUT2D eigenvalue weighted by molar-refractivity contribution is -0.124. The summed E-state index contributed by atoms with van der Waals surface area (Å²) in [5.41, 5.74) is 3.18. The van der Waals surface area contributed by atoms with E-state index in [9.17, 15) is 13.2 Å². The Morgan fingerprint density at radius 2 is 1.56 bits per heavy atom. The molecule has 0 saturated carbocycles. The van der Waals surface area contributed by atoms with Gasteiger partial charge in [-0.3, -0.25) is 4.79 Å². The first-order valence-corrected chi connectivity index (χ1v) is 10.6. The minimum Gasteiger partial charge on any atom is -0.351 e. The smallest absolute Gasteiger partial charge is 0.241 e. The summed E-state index contributed by atoms with van der Waals surface area (Å²) in [7, 11) is -3.49. The highest BCUT2D eigenvalue weighted by atomic mass is 35.5. The van der Waals surface area contributed by atoms with Crippen LogP contribution in [0.15, 0.2) is 54.6 Å². The summed E-state index contributed by atoms with van der Waals surface area (Å²) in [5, 5.41) is 5.95. The molecule has 0 spiro atoms. The molecule has 7 heteroatoms. The highest BCUT2D eigenvalue weighted by Gasteiger charge is 2.48. The van der Waals surface area contributed by atoms with E-state index >= 15 is 0 Å². The number of sulfone groups is 1. The average Bonchev–Trinajstić information content (AvgIpc) is 2.67. The molecule has 0 aliphatic carbocycles. The summed E-state index contributed by atoms with van der Waals surface area (Å²) in [6.45, 7) is 1.39. The highest BCUT2D eigenvalue weighted by molar-refractivity contribution is 7.92. The molecule has 3 rings (SSSR count). The van der Waals surface area contributed by atoms with Gasteiger partial charge in [-0.25, -0.2) is 8.42 Å². The van der Waals surface area contributed by atoms with Crippen molar-refractivity contribution in [3.8, 4) is 11.1 Å². The van der Waals surface area contributed by atoms with Crippen molar-refractivity contribution in [2.24, 2.45) is 0 Å². The van der Waals surface area contributed by atoms with E-state index < -0.39 is 20.5 Å². The molecule has 0 unspecified atom stereocenters. The molecule has 0 aromatic heterocycles. The third kappa shape index (κ3) is 4.69. The van der Waals surface area contributed by atoms with Crippen molar-refractivity contribution in [2.45, 2.75) is 24.1 Å². The second kappa shape index (κ2) is 8.87. The van der Waals surface area contributed by atoms with Crippen LogP contribution in [0.4, 0.5) is 0 Å². The molecule has 1 heterocycles. The maximum absolute atomic E-state index is 12.7. The van der Waals surface area contributed by atoms with E-state index in [1.807, 2.05) is 54.6 Å². The molecule has 1 fully saturated rings. The van der Waals surface area contributed by atoms with Gasteiger partial charge in [0.25, 0.3) is 0 Å². The van der Waals surface area contributed by atoms with Gasteiger partial charge < -0.3 is 10.6 Å². The van der Waals surface area contributed by atoms with Gasteiger partial charge in [-0.15, -0.1) is 12.4 Å². The predicted molar refractivity (Wildman–Crippen MR) is 111 cm³/mol. The van der Waals surface area contributed by atoms with Gasteiger partial charge in [0, 0.05) is 12.8 Å². The van der Waals surface area contributed by atoms with Crippen LogP contribution in [-0.4, -0.2) is 38.4 Å². The summed E-state index contributed by atoms with van der Waals surface area (Å²) in [6.07, 6.45) is 1.78. The van der Waals surface area contributed by atoms with E-state index in [-0.39, 0.29) is 12.4 Å². The van der Waals surface area contributed by atoms with Crippen LogP contribution in [0.3, 0.4) is 0 Å². The third-order valence-corrected chi connectivity index (χ3v) is 7.06. The second-order valence-corrected chi connectivity index (χ2v) is 9.09. The molecule has 2 aromatic rings. The molecule has 1 aliphatic rings. The number of hydrogen-bond acceptors (Lipinski definition) is 4. The lowest BCUT2D eigenvalue weighted by Gasteiger charge is -2.34. The average molecular weight is 409 g/mol. The van der Waals surface area contributed by atoms with Gasteiger partial charge in [0.05, 0.1) is 0 Å². The largest absolute Gasteiger partial charge is 0.351 e. The third-order valence-electron chi connectivity index (χ3n) is 5.05. The van der Waals surface area contributed by atoms with Crippen molar-refractivity contribution >= 4 is 28.2 Å². The Balaban J connectivity index is 0.00000261. The van der Waals surface area contributed by atoms with Crippen LogP contribution in [0.2, 0.25) is 0 Å². The molecule has 2 N–H and O–H groups in total. The van der Waals surface area contributed by atoms with Crippen LogP contribution >= 0.6 is 12.4 Å². The molecule has 0 radical (unpaired) electrons. The molecule has 27 heavy (non-hydrogen) atoms. The second-order valence-electron chi connectivity index (χ2n) is 6.76. The van der Waals surface area contributed by atoms with Gasteiger partial charge >= 0.3 is 0 Å². The molecular formula is C20H25ClN2O3S. The first kappa shape index (κ1) is 21.4. The van der Waals surface area contributed by atoms with Crippen LogP contribution in [0.5, 0.6) is 0 Å². The number of hydrogen-bond donors (Lipinski definition) is 2. The molecular weight excluding hydrogens is 384 g/mol. The van der Waals surface area contributed by atoms with Crippen LogP contribution in [-0.2, 0) is 21.2 Å². The lowest BCUT2D eigenvalue weighted by Crippen LogP contribution is -2.57. The van der Waals surface area contributed by atoms with E-state index in [0.29, 0.717) is 32.5 Å². The number of carbonyl (C=O) groups excluding carboxylic acids is 1. The zero-order valence-corrected chi connectivity index (χ0v) is 16.9. The summed E-state index contributed by atoms with van der Waals surface area (Å²) >= 11 is 0. The standard InChI is InChI=1S/C20H24N2O3S.ClH/c1-26(24,25)20(11-13-21-14-12-20)19(23)22-15-16-7-9-18(10-8-16)17-5-3-2-4-6-17;/h2-10,21H,11-15H2,1H3,(H,22,23);1H. The number of amides is 1. The van der Waals surface area contributed by atoms with E-state index in [1.54, 1.807) is 0 Å². The van der Waals surface area contributed by atoms with Crippen molar-refractivity contribution < 1.29 is 13.2 Å². The van der Waals surface area contributed by atoms with Crippen LogP contribution in [0, 0.1) is 0 Å². The Hall–Kier alpha value is -1.89. The molecule has 1 aliphatic heterocycles. The Morgan fingerprint density at radius 3 is 2.11 bits per heavy atom. The fourth-order valence-corrected chi connectivity index (χ4v) is 4.74. The SMILES string of the molecule is CS(=O)(=O)C1(C(=O)NCc2ccc(-c3ccccc3)cc2)CCNCC1.Cl. The number of halogens is 1. The molecule has 0 atom stereocenters. The number of benzene rings is 2. The van der Waals surface area contributed by atoms with Crippen LogP contribution < -0.4 is 10.6 Å². The van der Waals surface area contributed by atoms with Crippen molar-refractivity contribution in [1.29, 1.82) is 0 Å². The van der Waals surface area contributed by atoms with Gasteiger partial charge in [0.1, 0.15) is 0 Å². The topological polar surface area (TPSA) is 75.3 Å². The van der Waals surface area contributed by atoms with Crippen LogP contribution in [0.25, 0.3) is 11.1 Å². The first-order chi connectivity index (χ1) is 12.4. The fraction of sp³-hybridized carbons (Fsp3) is 0.350. The van der Waals surface area contributed by atoms with Crippen molar-refractivity contribution in [3.63, 3.8) is 0 Å². The van der Waals surface area contributed by atoms with Gasteiger partial charge in [-0.05, 0) is 42.6 Å². The number of carbonyl (C=O) groups is 1. The van der Waals surface area contributed by atoms with E-state index in [2.05, 4.69) is 10.6 Å². The monoisotopic (exact) mass is 408 g/mol. The Labute approximate surface area is 166 Å². The fourth-order valence-electron chi connectivity index (χ4n) is 3.39. The van der Waals surface area contributed by atoms with Gasteiger partial charge in [0.2, 0.25) is 5.91 Å². The predicted octanol–water partition coefficient (Wildman–Crippen LogP) is 2.56. The van der Waals surface area contributed by atoms with E-state index in [0.717, 1.165) is 22.9 Å². The molecule has 1 amide bonds. The number of piperidine rings is 1. The summed E-state index contributed by atoms with van der Waals surface area (Å²) < 4.78 is 23.2. The van der Waals surface area contributed by atoms with Crippen molar-refractivity contribution in [2.75, 3.05) is 19.3 Å². The minimum atomic E-state index is -3.49. The highest BCUT2D eigenvalue weighted by Crippen LogP contribution is 2.28. The zero-order chi connectivity index (χ0) is 18.6. The first-order valence-electron chi connectivity index (χ1n) is 8.75. The Morgan fingerprint density at radius 1 is 1.00 bits per heavy atom. The Kier molecular flexibility index (Phi) is 7.03.